The fourth-order valence-corrected chi connectivity index (χ4v) is 4.90. The van der Waals surface area contributed by atoms with E-state index in [0.717, 1.165) is 11.1 Å². The first-order valence-electron chi connectivity index (χ1n) is 10.6. The zero-order valence-corrected chi connectivity index (χ0v) is 17.3. The Balaban J connectivity index is 1.36. The Hall–Kier alpha value is -3.48. The third kappa shape index (κ3) is 3.30. The van der Waals surface area contributed by atoms with E-state index in [-0.39, 0.29) is 36.6 Å². The Kier molecular flexibility index (Phi) is 4.61. The van der Waals surface area contributed by atoms with Crippen molar-refractivity contribution < 1.29 is 19.2 Å². The zero-order chi connectivity index (χ0) is 21.7. The van der Waals surface area contributed by atoms with E-state index in [9.17, 15) is 19.2 Å². The van der Waals surface area contributed by atoms with Crippen LogP contribution >= 0.6 is 0 Å². The summed E-state index contributed by atoms with van der Waals surface area (Å²) in [6.45, 7) is 3.60. The minimum atomic E-state index is -0.656. The number of benzene rings is 2. The van der Waals surface area contributed by atoms with E-state index < -0.39 is 11.9 Å². The number of carbonyl (C=O) groups excluding carboxylic acids is 4. The molecule has 0 aliphatic carbocycles. The molecule has 3 heterocycles. The molecule has 1 N–H and O–H groups in total. The van der Waals surface area contributed by atoms with Crippen LogP contribution in [0.1, 0.15) is 63.1 Å². The van der Waals surface area contributed by atoms with Crippen LogP contribution in [-0.2, 0) is 22.7 Å². The van der Waals surface area contributed by atoms with Crippen molar-refractivity contribution >= 4 is 23.6 Å². The van der Waals surface area contributed by atoms with Crippen molar-refractivity contribution in [3.8, 4) is 0 Å². The standard InChI is InChI=1S/C24H23N3O4/c1-14-11-26(12-16-4-2-3-5-18(14)16)23(30)15-6-7-19-17(10-15)13-27(24(19)31)20-8-9-21(28)25-22(20)29/h2-7,10,14,20H,8-9,11-13H2,1H3,(H,25,28,29)/t14-,20?/m0/s1. The maximum absolute atomic E-state index is 13.2. The highest BCUT2D eigenvalue weighted by Gasteiger charge is 2.39. The van der Waals surface area contributed by atoms with E-state index in [1.807, 2.05) is 17.0 Å². The molecule has 7 nitrogen and oxygen atoms in total. The number of hydrogen-bond donors (Lipinski definition) is 1. The minimum absolute atomic E-state index is 0.0592. The number of rotatable bonds is 2. The number of nitrogens with zero attached hydrogens (tertiary/aromatic N) is 2. The van der Waals surface area contributed by atoms with E-state index in [1.165, 1.54) is 10.5 Å². The van der Waals surface area contributed by atoms with Crippen LogP contribution in [0.25, 0.3) is 0 Å². The SMILES string of the molecule is C[C@H]1CN(C(=O)c2ccc3c(c2)CN(C2CCC(=O)NC2=O)C3=O)Cc2ccccc21. The van der Waals surface area contributed by atoms with Gasteiger partial charge in [-0.1, -0.05) is 31.2 Å². The largest absolute Gasteiger partial charge is 0.334 e. The van der Waals surface area contributed by atoms with Crippen molar-refractivity contribution in [2.45, 2.75) is 44.8 Å². The summed E-state index contributed by atoms with van der Waals surface area (Å²) in [6, 6.07) is 12.7. The second kappa shape index (κ2) is 7.34. The minimum Gasteiger partial charge on any atom is -0.334 e. The van der Waals surface area contributed by atoms with Gasteiger partial charge < -0.3 is 9.80 Å². The molecule has 7 heteroatoms. The molecule has 2 aromatic rings. The van der Waals surface area contributed by atoms with Gasteiger partial charge in [0.25, 0.3) is 11.8 Å². The van der Waals surface area contributed by atoms with Gasteiger partial charge in [-0.2, -0.15) is 0 Å². The summed E-state index contributed by atoms with van der Waals surface area (Å²) in [6.07, 6.45) is 0.538. The van der Waals surface area contributed by atoms with Crippen molar-refractivity contribution in [3.05, 3.63) is 70.3 Å². The summed E-state index contributed by atoms with van der Waals surface area (Å²) >= 11 is 0. The molecule has 2 atom stereocenters. The second-order valence-electron chi connectivity index (χ2n) is 8.56. The van der Waals surface area contributed by atoms with Gasteiger partial charge in [-0.05, 0) is 47.2 Å². The predicted molar refractivity (Wildman–Crippen MR) is 112 cm³/mol. The number of piperidine rings is 1. The van der Waals surface area contributed by atoms with E-state index in [1.54, 1.807) is 18.2 Å². The van der Waals surface area contributed by atoms with Gasteiger partial charge in [0.2, 0.25) is 11.8 Å². The topological polar surface area (TPSA) is 86.8 Å². The Labute approximate surface area is 180 Å². The van der Waals surface area contributed by atoms with Crippen LogP contribution < -0.4 is 5.32 Å². The molecule has 0 saturated carbocycles. The molecule has 3 aliphatic rings. The van der Waals surface area contributed by atoms with Crippen LogP contribution in [-0.4, -0.2) is 46.0 Å². The number of carbonyl (C=O) groups is 4. The van der Waals surface area contributed by atoms with E-state index >= 15 is 0 Å². The van der Waals surface area contributed by atoms with Crippen molar-refractivity contribution in [1.29, 1.82) is 0 Å². The van der Waals surface area contributed by atoms with E-state index in [4.69, 9.17) is 0 Å². The number of imide groups is 1. The molecule has 0 aromatic heterocycles. The Morgan fingerprint density at radius 3 is 2.65 bits per heavy atom. The summed E-state index contributed by atoms with van der Waals surface area (Å²) in [7, 11) is 0. The van der Waals surface area contributed by atoms with Gasteiger partial charge in [-0.15, -0.1) is 0 Å². The highest BCUT2D eigenvalue weighted by Crippen LogP contribution is 2.31. The third-order valence-electron chi connectivity index (χ3n) is 6.50. The summed E-state index contributed by atoms with van der Waals surface area (Å²) in [4.78, 5) is 53.1. The maximum atomic E-state index is 13.2. The van der Waals surface area contributed by atoms with Gasteiger partial charge in [-0.3, -0.25) is 24.5 Å². The molecule has 0 spiro atoms. The van der Waals surface area contributed by atoms with Crippen molar-refractivity contribution in [2.75, 3.05) is 6.54 Å². The smallest absolute Gasteiger partial charge is 0.255 e. The van der Waals surface area contributed by atoms with Gasteiger partial charge in [0.15, 0.2) is 0 Å². The number of hydrogen-bond acceptors (Lipinski definition) is 4. The van der Waals surface area contributed by atoms with Gasteiger partial charge in [-0.25, -0.2) is 0 Å². The average Bonchev–Trinajstić information content (AvgIpc) is 3.09. The van der Waals surface area contributed by atoms with E-state index in [2.05, 4.69) is 24.4 Å². The molecule has 4 amide bonds. The van der Waals surface area contributed by atoms with Gasteiger partial charge in [0.05, 0.1) is 0 Å². The number of amides is 4. The molecule has 2 aromatic carbocycles. The average molecular weight is 417 g/mol. The fourth-order valence-electron chi connectivity index (χ4n) is 4.90. The first-order valence-corrected chi connectivity index (χ1v) is 10.6. The maximum Gasteiger partial charge on any atom is 0.255 e. The third-order valence-corrected chi connectivity index (χ3v) is 6.50. The first kappa shape index (κ1) is 19.5. The monoisotopic (exact) mass is 417 g/mol. The molecule has 31 heavy (non-hydrogen) atoms. The summed E-state index contributed by atoms with van der Waals surface area (Å²) in [5.41, 5.74) is 4.24. The molecule has 1 unspecified atom stereocenters. The Morgan fingerprint density at radius 2 is 1.84 bits per heavy atom. The second-order valence-corrected chi connectivity index (χ2v) is 8.56. The lowest BCUT2D eigenvalue weighted by Gasteiger charge is -2.33. The highest BCUT2D eigenvalue weighted by atomic mass is 16.2. The Bertz CT molecular complexity index is 1130. The normalized spacial score (nSPS) is 22.8. The zero-order valence-electron chi connectivity index (χ0n) is 17.3. The lowest BCUT2D eigenvalue weighted by molar-refractivity contribution is -0.136. The summed E-state index contributed by atoms with van der Waals surface area (Å²) in [5.74, 6) is -0.779. The predicted octanol–water partition coefficient (Wildman–Crippen LogP) is 2.21. The lowest BCUT2D eigenvalue weighted by Crippen LogP contribution is -2.52. The van der Waals surface area contributed by atoms with Crippen LogP contribution in [0.4, 0.5) is 0 Å². The van der Waals surface area contributed by atoms with Crippen molar-refractivity contribution in [3.63, 3.8) is 0 Å². The van der Waals surface area contributed by atoms with Crippen LogP contribution in [0.5, 0.6) is 0 Å². The van der Waals surface area contributed by atoms with Crippen LogP contribution in [0, 0.1) is 0 Å². The molecular formula is C24H23N3O4. The quantitative estimate of drug-likeness (QED) is 0.759. The highest BCUT2D eigenvalue weighted by molar-refractivity contribution is 6.06. The molecule has 1 fully saturated rings. The summed E-state index contributed by atoms with van der Waals surface area (Å²) < 4.78 is 0. The molecule has 158 valence electrons. The van der Waals surface area contributed by atoms with E-state index in [0.29, 0.717) is 30.6 Å². The van der Waals surface area contributed by atoms with Crippen LogP contribution in [0.3, 0.4) is 0 Å². The van der Waals surface area contributed by atoms with Crippen molar-refractivity contribution in [2.24, 2.45) is 0 Å². The lowest BCUT2D eigenvalue weighted by atomic mass is 9.91. The van der Waals surface area contributed by atoms with Crippen molar-refractivity contribution in [1.82, 2.24) is 15.1 Å². The van der Waals surface area contributed by atoms with Crippen LogP contribution in [0.15, 0.2) is 42.5 Å². The fraction of sp³-hybridized carbons (Fsp3) is 0.333. The first-order chi connectivity index (χ1) is 14.9. The molecular weight excluding hydrogens is 394 g/mol. The molecule has 3 aliphatic heterocycles. The Morgan fingerprint density at radius 1 is 1.03 bits per heavy atom. The number of fused-ring (bicyclic) bond motifs is 2. The van der Waals surface area contributed by atoms with Gasteiger partial charge in [0, 0.05) is 37.2 Å². The van der Waals surface area contributed by atoms with Crippen LogP contribution in [0.2, 0.25) is 0 Å². The molecule has 0 bridgehead atoms. The van der Waals surface area contributed by atoms with Gasteiger partial charge >= 0.3 is 0 Å². The molecule has 1 saturated heterocycles. The van der Waals surface area contributed by atoms with Gasteiger partial charge in [0.1, 0.15) is 6.04 Å². The molecule has 0 radical (unpaired) electrons. The number of nitrogens with one attached hydrogen (secondary N) is 1. The summed E-state index contributed by atoms with van der Waals surface area (Å²) in [5, 5.41) is 2.31. The molecule has 5 rings (SSSR count).